The van der Waals surface area contributed by atoms with E-state index in [0.29, 0.717) is 31.5 Å². The molecule has 1 aromatic carbocycles. The van der Waals surface area contributed by atoms with Crippen LogP contribution < -0.4 is 0 Å². The molecule has 3 heterocycles. The predicted molar refractivity (Wildman–Crippen MR) is 109 cm³/mol. The molecule has 2 aromatic heterocycles. The molecule has 0 N–H and O–H groups in total. The average Bonchev–Trinajstić information content (AvgIpc) is 3.33. The molecule has 1 amide bonds. The minimum absolute atomic E-state index is 0.102. The Labute approximate surface area is 174 Å². The highest BCUT2D eigenvalue weighted by atomic mass is 16.6. The number of aromatic nitrogens is 4. The first-order valence-corrected chi connectivity index (χ1v) is 10.1. The molecule has 0 spiro atoms. The number of hydrogen-bond acceptors (Lipinski definition) is 7. The number of hydrogen-bond donors (Lipinski definition) is 0. The third kappa shape index (κ3) is 4.16. The molecule has 0 saturated carbocycles. The van der Waals surface area contributed by atoms with E-state index in [1.807, 2.05) is 45.0 Å². The van der Waals surface area contributed by atoms with Crippen LogP contribution in [0.15, 0.2) is 28.8 Å². The molecule has 0 atom stereocenters. The second-order valence-electron chi connectivity index (χ2n) is 8.48. The quantitative estimate of drug-likeness (QED) is 0.644. The van der Waals surface area contributed by atoms with Crippen molar-refractivity contribution in [3.63, 3.8) is 0 Å². The smallest absolute Gasteiger partial charge is 0.410 e. The molecule has 0 bridgehead atoms. The molecule has 1 fully saturated rings. The van der Waals surface area contributed by atoms with Crippen LogP contribution in [0.2, 0.25) is 0 Å². The van der Waals surface area contributed by atoms with Gasteiger partial charge in [-0.1, -0.05) is 18.2 Å². The highest BCUT2D eigenvalue weighted by Gasteiger charge is 2.30. The summed E-state index contributed by atoms with van der Waals surface area (Å²) in [7, 11) is 1.64. The Morgan fingerprint density at radius 1 is 1.23 bits per heavy atom. The van der Waals surface area contributed by atoms with Gasteiger partial charge in [0.15, 0.2) is 0 Å². The molecule has 0 aliphatic carbocycles. The van der Waals surface area contributed by atoms with Crippen molar-refractivity contribution in [2.24, 2.45) is 0 Å². The van der Waals surface area contributed by atoms with Crippen LogP contribution in [0.25, 0.3) is 16.9 Å². The predicted octanol–water partition coefficient (Wildman–Crippen LogP) is 3.67. The SMILES string of the molecule is COCc1nn(-c2noc(C3CCN(C(=O)OC(C)(C)C)CC3)n2)c2ccccc12. The largest absolute Gasteiger partial charge is 0.444 e. The van der Waals surface area contributed by atoms with Crippen molar-refractivity contribution in [3.05, 3.63) is 35.9 Å². The van der Waals surface area contributed by atoms with Crippen LogP contribution in [0, 0.1) is 0 Å². The number of benzene rings is 1. The number of methoxy groups -OCH3 is 1. The number of nitrogens with zero attached hydrogens (tertiary/aromatic N) is 5. The van der Waals surface area contributed by atoms with Crippen molar-refractivity contribution >= 4 is 17.0 Å². The van der Waals surface area contributed by atoms with Gasteiger partial charge in [-0.2, -0.15) is 14.8 Å². The maximum absolute atomic E-state index is 12.3. The first-order valence-electron chi connectivity index (χ1n) is 10.1. The van der Waals surface area contributed by atoms with Crippen LogP contribution >= 0.6 is 0 Å². The molecule has 0 unspecified atom stereocenters. The van der Waals surface area contributed by atoms with Crippen LogP contribution in [0.5, 0.6) is 0 Å². The molecule has 3 aromatic rings. The minimum atomic E-state index is -0.497. The lowest BCUT2D eigenvalue weighted by Gasteiger charge is -2.32. The van der Waals surface area contributed by atoms with Crippen LogP contribution in [0.1, 0.15) is 51.1 Å². The van der Waals surface area contributed by atoms with Gasteiger partial charge in [0.25, 0.3) is 5.95 Å². The van der Waals surface area contributed by atoms with Gasteiger partial charge in [0.2, 0.25) is 5.89 Å². The number of amides is 1. The van der Waals surface area contributed by atoms with E-state index < -0.39 is 5.60 Å². The zero-order valence-electron chi connectivity index (χ0n) is 17.8. The molecule has 9 nitrogen and oxygen atoms in total. The zero-order valence-corrected chi connectivity index (χ0v) is 17.8. The summed E-state index contributed by atoms with van der Waals surface area (Å²) in [5, 5.41) is 9.77. The molecular formula is C21H27N5O4. The summed E-state index contributed by atoms with van der Waals surface area (Å²) >= 11 is 0. The van der Waals surface area contributed by atoms with Gasteiger partial charge in [0, 0.05) is 31.5 Å². The van der Waals surface area contributed by atoms with Gasteiger partial charge in [0.05, 0.1) is 17.8 Å². The van der Waals surface area contributed by atoms with E-state index >= 15 is 0 Å². The number of carbonyl (C=O) groups is 1. The fraction of sp³-hybridized carbons (Fsp3) is 0.524. The van der Waals surface area contributed by atoms with E-state index in [1.165, 1.54) is 0 Å². The van der Waals surface area contributed by atoms with Gasteiger partial charge >= 0.3 is 6.09 Å². The molecule has 1 aliphatic heterocycles. The van der Waals surface area contributed by atoms with Crippen LogP contribution in [0.4, 0.5) is 4.79 Å². The molecule has 1 aliphatic rings. The van der Waals surface area contributed by atoms with Crippen molar-refractivity contribution in [1.29, 1.82) is 0 Å². The molecule has 30 heavy (non-hydrogen) atoms. The highest BCUT2D eigenvalue weighted by Crippen LogP contribution is 2.29. The zero-order chi connectivity index (χ0) is 21.3. The normalized spacial score (nSPS) is 15.7. The van der Waals surface area contributed by atoms with E-state index in [-0.39, 0.29) is 12.0 Å². The lowest BCUT2D eigenvalue weighted by molar-refractivity contribution is 0.0198. The molecule has 4 rings (SSSR count). The summed E-state index contributed by atoms with van der Waals surface area (Å²) in [6, 6.07) is 7.88. The van der Waals surface area contributed by atoms with Crippen LogP contribution in [0.3, 0.4) is 0 Å². The molecule has 1 saturated heterocycles. The van der Waals surface area contributed by atoms with E-state index in [4.69, 9.17) is 14.0 Å². The third-order valence-electron chi connectivity index (χ3n) is 5.06. The number of para-hydroxylation sites is 1. The van der Waals surface area contributed by atoms with Crippen molar-refractivity contribution < 1.29 is 18.8 Å². The van der Waals surface area contributed by atoms with Gasteiger partial charge in [-0.25, -0.2) is 4.79 Å². The first-order chi connectivity index (χ1) is 14.4. The van der Waals surface area contributed by atoms with Gasteiger partial charge in [-0.15, -0.1) is 0 Å². The van der Waals surface area contributed by atoms with Crippen LogP contribution in [-0.4, -0.2) is 56.7 Å². The standard InChI is InChI=1S/C21H27N5O4/c1-21(2,3)29-20(27)25-11-9-14(10-12-25)18-22-19(24-30-18)26-17-8-6-5-7-15(17)16(23-26)13-28-4/h5-8,14H,9-13H2,1-4H3. The van der Waals surface area contributed by atoms with E-state index in [2.05, 4.69) is 15.2 Å². The Bertz CT molecular complexity index is 1030. The fourth-order valence-electron chi connectivity index (χ4n) is 3.64. The van der Waals surface area contributed by atoms with E-state index in [1.54, 1.807) is 16.7 Å². The Balaban J connectivity index is 1.48. The minimum Gasteiger partial charge on any atom is -0.444 e. The summed E-state index contributed by atoms with van der Waals surface area (Å²) in [6.07, 6.45) is 1.21. The topological polar surface area (TPSA) is 95.5 Å². The van der Waals surface area contributed by atoms with E-state index in [0.717, 1.165) is 29.4 Å². The van der Waals surface area contributed by atoms with Crippen molar-refractivity contribution in [2.75, 3.05) is 20.2 Å². The number of carbonyl (C=O) groups excluding carboxylic acids is 1. The average molecular weight is 413 g/mol. The Morgan fingerprint density at radius 3 is 2.67 bits per heavy atom. The van der Waals surface area contributed by atoms with Crippen molar-refractivity contribution in [3.8, 4) is 5.95 Å². The Morgan fingerprint density at radius 2 is 1.97 bits per heavy atom. The summed E-state index contributed by atoms with van der Waals surface area (Å²) in [5.41, 5.74) is 1.23. The summed E-state index contributed by atoms with van der Waals surface area (Å²) in [4.78, 5) is 18.6. The Kier molecular flexibility index (Phi) is 5.46. The lowest BCUT2D eigenvalue weighted by Crippen LogP contribution is -2.41. The summed E-state index contributed by atoms with van der Waals surface area (Å²) in [5.74, 6) is 1.07. The summed E-state index contributed by atoms with van der Waals surface area (Å²) in [6.45, 7) is 7.21. The number of piperidine rings is 1. The van der Waals surface area contributed by atoms with Gasteiger partial charge in [-0.3, -0.25) is 0 Å². The maximum Gasteiger partial charge on any atom is 0.410 e. The lowest BCUT2D eigenvalue weighted by atomic mass is 9.97. The number of likely N-dealkylation sites (tertiary alicyclic amines) is 1. The van der Waals surface area contributed by atoms with Gasteiger partial charge in [-0.05, 0) is 44.8 Å². The van der Waals surface area contributed by atoms with E-state index in [9.17, 15) is 4.79 Å². The number of ether oxygens (including phenoxy) is 2. The third-order valence-corrected chi connectivity index (χ3v) is 5.06. The monoisotopic (exact) mass is 413 g/mol. The second kappa shape index (κ2) is 8.06. The van der Waals surface area contributed by atoms with Crippen molar-refractivity contribution in [2.45, 2.75) is 51.7 Å². The van der Waals surface area contributed by atoms with Gasteiger partial charge < -0.3 is 18.9 Å². The second-order valence-corrected chi connectivity index (χ2v) is 8.48. The van der Waals surface area contributed by atoms with Gasteiger partial charge in [0.1, 0.15) is 5.60 Å². The molecular weight excluding hydrogens is 386 g/mol. The molecule has 9 heteroatoms. The fourth-order valence-corrected chi connectivity index (χ4v) is 3.64. The highest BCUT2D eigenvalue weighted by molar-refractivity contribution is 5.82. The number of rotatable bonds is 4. The van der Waals surface area contributed by atoms with Crippen molar-refractivity contribution in [1.82, 2.24) is 24.8 Å². The first kappa shape index (κ1) is 20.3. The molecule has 160 valence electrons. The van der Waals surface area contributed by atoms with Crippen LogP contribution in [-0.2, 0) is 16.1 Å². The molecule has 0 radical (unpaired) electrons. The maximum atomic E-state index is 12.3. The Hall–Kier alpha value is -2.94. The number of fused-ring (bicyclic) bond motifs is 1. The summed E-state index contributed by atoms with van der Waals surface area (Å²) < 4.78 is 18.0.